The molecule has 0 aromatic carbocycles. The number of carbonyl (C=O) groups is 1. The lowest BCUT2D eigenvalue weighted by Gasteiger charge is -2.06. The van der Waals surface area contributed by atoms with E-state index < -0.39 is 0 Å². The predicted octanol–water partition coefficient (Wildman–Crippen LogP) is 6.45. The molecule has 0 spiro atoms. The fraction of sp³-hybridized carbons (Fsp3) is 0.957. The van der Waals surface area contributed by atoms with Gasteiger partial charge >= 0.3 is 5.97 Å². The highest BCUT2D eigenvalue weighted by Crippen LogP contribution is 2.13. The van der Waals surface area contributed by atoms with Crippen LogP contribution in [0.4, 0.5) is 0 Å². The molecule has 27 heavy (non-hydrogen) atoms. The lowest BCUT2D eigenvalue weighted by atomic mass is 10.0. The molecule has 0 aromatic heterocycles. The summed E-state index contributed by atoms with van der Waals surface area (Å²) in [5.74, 6) is -0.0972. The topological polar surface area (TPSA) is 44.8 Å². The average molecular weight is 387 g/mol. The number of carbonyl (C=O) groups excluding carboxylic acids is 1. The molecule has 0 saturated heterocycles. The van der Waals surface area contributed by atoms with Crippen LogP contribution in [-0.2, 0) is 19.0 Å². The zero-order chi connectivity index (χ0) is 19.8. The van der Waals surface area contributed by atoms with Gasteiger partial charge in [0.25, 0.3) is 0 Å². The monoisotopic (exact) mass is 386 g/mol. The highest BCUT2D eigenvalue weighted by atomic mass is 16.5. The Labute approximate surface area is 168 Å². The third kappa shape index (κ3) is 23.4. The molecule has 0 bridgehead atoms. The lowest BCUT2D eigenvalue weighted by Crippen LogP contribution is -2.08. The molecule has 0 rings (SSSR count). The minimum atomic E-state index is -0.0972. The maximum Gasteiger partial charge on any atom is 0.305 e. The van der Waals surface area contributed by atoms with Gasteiger partial charge in [0.2, 0.25) is 0 Å². The van der Waals surface area contributed by atoms with Crippen LogP contribution in [0.2, 0.25) is 0 Å². The second-order valence-electron chi connectivity index (χ2n) is 7.53. The molecule has 4 nitrogen and oxygen atoms in total. The highest BCUT2D eigenvalue weighted by molar-refractivity contribution is 5.69. The molecule has 0 unspecified atom stereocenters. The van der Waals surface area contributed by atoms with Crippen LogP contribution in [0.5, 0.6) is 0 Å². The van der Waals surface area contributed by atoms with Gasteiger partial charge in [-0.2, -0.15) is 0 Å². The molecule has 0 aliphatic carbocycles. The van der Waals surface area contributed by atoms with Crippen LogP contribution in [0.25, 0.3) is 0 Å². The third-order valence-corrected chi connectivity index (χ3v) is 4.86. The molecule has 0 amide bonds. The van der Waals surface area contributed by atoms with Gasteiger partial charge in [-0.25, -0.2) is 0 Å². The van der Waals surface area contributed by atoms with Crippen molar-refractivity contribution in [1.29, 1.82) is 0 Å². The minimum Gasteiger partial charge on any atom is -0.466 e. The summed E-state index contributed by atoms with van der Waals surface area (Å²) in [4.78, 5) is 11.6. The van der Waals surface area contributed by atoms with E-state index in [2.05, 4.69) is 6.92 Å². The first kappa shape index (κ1) is 26.4. The van der Waals surface area contributed by atoms with Crippen molar-refractivity contribution in [2.45, 2.75) is 110 Å². The van der Waals surface area contributed by atoms with E-state index in [9.17, 15) is 4.79 Å². The van der Waals surface area contributed by atoms with Gasteiger partial charge in [-0.05, 0) is 12.8 Å². The van der Waals surface area contributed by atoms with E-state index in [0.717, 1.165) is 12.8 Å². The number of hydrogen-bond donors (Lipinski definition) is 0. The lowest BCUT2D eigenvalue weighted by molar-refractivity contribution is -0.144. The number of rotatable bonds is 22. The molecule has 0 aliphatic heterocycles. The van der Waals surface area contributed by atoms with Gasteiger partial charge in [0, 0.05) is 20.1 Å². The first-order valence-electron chi connectivity index (χ1n) is 11.5. The van der Waals surface area contributed by atoms with Gasteiger partial charge in [0.1, 0.15) is 0 Å². The molecule has 4 heteroatoms. The molecule has 0 atom stereocenters. The van der Waals surface area contributed by atoms with Gasteiger partial charge in [0.15, 0.2) is 0 Å². The smallest absolute Gasteiger partial charge is 0.305 e. The molecule has 0 aliphatic rings. The third-order valence-electron chi connectivity index (χ3n) is 4.86. The van der Waals surface area contributed by atoms with Crippen molar-refractivity contribution in [3.8, 4) is 0 Å². The van der Waals surface area contributed by atoms with E-state index in [1.807, 2.05) is 0 Å². The van der Waals surface area contributed by atoms with Crippen LogP contribution >= 0.6 is 0 Å². The fourth-order valence-electron chi connectivity index (χ4n) is 3.12. The SMILES string of the molecule is CCCCCCCCCCCCCCCCOC(=O)CCCOCCOC. The second kappa shape index (κ2) is 23.4. The number of ether oxygens (including phenoxy) is 3. The summed E-state index contributed by atoms with van der Waals surface area (Å²) in [6, 6.07) is 0. The normalized spacial score (nSPS) is 11.0. The quantitative estimate of drug-likeness (QED) is 0.158. The Bertz CT molecular complexity index is 294. The fourth-order valence-corrected chi connectivity index (χ4v) is 3.12. The van der Waals surface area contributed by atoms with Crippen molar-refractivity contribution in [3.63, 3.8) is 0 Å². The summed E-state index contributed by atoms with van der Waals surface area (Å²) < 4.78 is 15.5. The van der Waals surface area contributed by atoms with Gasteiger partial charge in [-0.1, -0.05) is 90.4 Å². The Balaban J connectivity index is 3.10. The van der Waals surface area contributed by atoms with Crippen molar-refractivity contribution in [1.82, 2.24) is 0 Å². The van der Waals surface area contributed by atoms with Crippen molar-refractivity contribution in [3.05, 3.63) is 0 Å². The summed E-state index contributed by atoms with van der Waals surface area (Å²) in [6.45, 7) is 4.63. The summed E-state index contributed by atoms with van der Waals surface area (Å²) in [6.07, 6.45) is 20.0. The molecule has 0 saturated carbocycles. The summed E-state index contributed by atoms with van der Waals surface area (Å²) in [5, 5.41) is 0. The Morgan fingerprint density at radius 3 is 1.63 bits per heavy atom. The van der Waals surface area contributed by atoms with Crippen molar-refractivity contribution in [2.24, 2.45) is 0 Å². The van der Waals surface area contributed by atoms with Gasteiger partial charge in [0.05, 0.1) is 19.8 Å². The zero-order valence-corrected chi connectivity index (χ0v) is 18.3. The van der Waals surface area contributed by atoms with Crippen molar-refractivity contribution in [2.75, 3.05) is 33.5 Å². The standard InChI is InChI=1S/C23H46O4/c1-3-4-5-6-7-8-9-10-11-12-13-14-15-16-20-27-23(24)18-17-19-26-22-21-25-2/h3-22H2,1-2H3. The first-order chi connectivity index (χ1) is 13.3. The molecule has 0 radical (unpaired) electrons. The number of unbranched alkanes of at least 4 members (excludes halogenated alkanes) is 13. The Kier molecular flexibility index (Phi) is 22.9. The van der Waals surface area contributed by atoms with Crippen molar-refractivity contribution < 1.29 is 19.0 Å². The van der Waals surface area contributed by atoms with Crippen LogP contribution < -0.4 is 0 Å². The highest BCUT2D eigenvalue weighted by Gasteiger charge is 2.02. The van der Waals surface area contributed by atoms with Crippen LogP contribution in [0.15, 0.2) is 0 Å². The Hall–Kier alpha value is -0.610. The van der Waals surface area contributed by atoms with Crippen LogP contribution in [-0.4, -0.2) is 39.5 Å². The van der Waals surface area contributed by atoms with Crippen molar-refractivity contribution >= 4 is 5.97 Å². The maximum absolute atomic E-state index is 11.6. The molecule has 0 fully saturated rings. The molecular weight excluding hydrogens is 340 g/mol. The van der Waals surface area contributed by atoms with Gasteiger partial charge in [-0.3, -0.25) is 4.79 Å². The van der Waals surface area contributed by atoms with Gasteiger partial charge < -0.3 is 14.2 Å². The summed E-state index contributed by atoms with van der Waals surface area (Å²) >= 11 is 0. The molecule has 0 aromatic rings. The van der Waals surface area contributed by atoms with E-state index in [-0.39, 0.29) is 5.97 Å². The van der Waals surface area contributed by atoms with Gasteiger partial charge in [-0.15, -0.1) is 0 Å². The van der Waals surface area contributed by atoms with E-state index in [1.165, 1.54) is 83.5 Å². The Morgan fingerprint density at radius 2 is 1.11 bits per heavy atom. The van der Waals surface area contributed by atoms with E-state index in [4.69, 9.17) is 14.2 Å². The van der Waals surface area contributed by atoms with Crippen LogP contribution in [0, 0.1) is 0 Å². The minimum absolute atomic E-state index is 0.0972. The van der Waals surface area contributed by atoms with Crippen LogP contribution in [0.3, 0.4) is 0 Å². The predicted molar refractivity (Wildman–Crippen MR) is 113 cm³/mol. The molecule has 0 heterocycles. The first-order valence-corrected chi connectivity index (χ1v) is 11.5. The van der Waals surface area contributed by atoms with E-state index >= 15 is 0 Å². The number of hydrogen-bond acceptors (Lipinski definition) is 4. The zero-order valence-electron chi connectivity index (χ0n) is 18.3. The number of methoxy groups -OCH3 is 1. The summed E-state index contributed by atoms with van der Waals surface area (Å²) in [7, 11) is 1.65. The number of esters is 1. The Morgan fingerprint density at radius 1 is 0.593 bits per heavy atom. The van der Waals surface area contributed by atoms with Crippen LogP contribution in [0.1, 0.15) is 110 Å². The second-order valence-corrected chi connectivity index (χ2v) is 7.53. The average Bonchev–Trinajstić information content (AvgIpc) is 2.67. The molecule has 162 valence electrons. The largest absolute Gasteiger partial charge is 0.466 e. The maximum atomic E-state index is 11.6. The van der Waals surface area contributed by atoms with E-state index in [1.54, 1.807) is 7.11 Å². The van der Waals surface area contributed by atoms with E-state index in [0.29, 0.717) is 32.8 Å². The molecular formula is C23H46O4. The summed E-state index contributed by atoms with van der Waals surface area (Å²) in [5.41, 5.74) is 0. The molecule has 0 N–H and O–H groups in total.